The molecule has 4 nitrogen and oxygen atoms in total. The highest BCUT2D eigenvalue weighted by atomic mass is 19.1. The van der Waals surface area contributed by atoms with Crippen LogP contribution in [0.25, 0.3) is 0 Å². The van der Waals surface area contributed by atoms with Crippen molar-refractivity contribution in [3.05, 3.63) is 35.1 Å². The summed E-state index contributed by atoms with van der Waals surface area (Å²) < 4.78 is 12.9. The number of amides is 1. The number of carbonyl (C=O) groups is 2. The Bertz CT molecular complexity index is 444. The molecule has 1 unspecified atom stereocenters. The van der Waals surface area contributed by atoms with Crippen LogP contribution in [-0.2, 0) is 11.2 Å². The van der Waals surface area contributed by atoms with E-state index in [1.807, 2.05) is 0 Å². The summed E-state index contributed by atoms with van der Waals surface area (Å²) in [5.41, 5.74) is 0.778. The van der Waals surface area contributed by atoms with Gasteiger partial charge in [-0.1, -0.05) is 0 Å². The van der Waals surface area contributed by atoms with Crippen LogP contribution in [0.3, 0.4) is 0 Å². The van der Waals surface area contributed by atoms with Gasteiger partial charge < -0.3 is 10.4 Å². The highest BCUT2D eigenvalue weighted by Crippen LogP contribution is 2.18. The molecular weight excluding hydrogens is 201 g/mol. The maximum absolute atomic E-state index is 12.9. The van der Waals surface area contributed by atoms with E-state index in [2.05, 4.69) is 5.32 Å². The smallest absolute Gasteiger partial charge is 0.326 e. The normalized spacial score (nSPS) is 19.3. The van der Waals surface area contributed by atoms with Crippen molar-refractivity contribution in [2.24, 2.45) is 0 Å². The number of carboxylic acids is 1. The summed E-state index contributed by atoms with van der Waals surface area (Å²) in [5.74, 6) is -2.05. The molecule has 1 atom stereocenters. The number of hydrogen-bond acceptors (Lipinski definition) is 2. The van der Waals surface area contributed by atoms with Crippen LogP contribution in [0.2, 0.25) is 0 Å². The van der Waals surface area contributed by atoms with E-state index < -0.39 is 23.7 Å². The van der Waals surface area contributed by atoms with Crippen molar-refractivity contribution in [3.8, 4) is 0 Å². The SMILES string of the molecule is O=C1NC(C(=O)O)Cc2cc(F)ccc21. The first-order valence-electron chi connectivity index (χ1n) is 4.40. The molecule has 78 valence electrons. The fraction of sp³-hybridized carbons (Fsp3) is 0.200. The van der Waals surface area contributed by atoms with Crippen LogP contribution in [0.15, 0.2) is 18.2 Å². The van der Waals surface area contributed by atoms with Crippen LogP contribution in [-0.4, -0.2) is 23.0 Å². The molecule has 0 fully saturated rings. The van der Waals surface area contributed by atoms with Crippen molar-refractivity contribution < 1.29 is 19.1 Å². The molecule has 2 rings (SSSR count). The molecule has 1 aliphatic rings. The van der Waals surface area contributed by atoms with E-state index >= 15 is 0 Å². The van der Waals surface area contributed by atoms with Gasteiger partial charge in [0.05, 0.1) is 0 Å². The number of carboxylic acid groups (broad SMARTS) is 1. The largest absolute Gasteiger partial charge is 0.480 e. The van der Waals surface area contributed by atoms with E-state index in [-0.39, 0.29) is 6.42 Å². The van der Waals surface area contributed by atoms with Gasteiger partial charge in [-0.05, 0) is 23.8 Å². The van der Waals surface area contributed by atoms with Crippen molar-refractivity contribution in [3.63, 3.8) is 0 Å². The molecule has 15 heavy (non-hydrogen) atoms. The molecule has 0 aromatic heterocycles. The number of halogens is 1. The molecule has 0 spiro atoms. The number of nitrogens with one attached hydrogen (secondary N) is 1. The quantitative estimate of drug-likeness (QED) is 0.710. The lowest BCUT2D eigenvalue weighted by Gasteiger charge is -2.22. The topological polar surface area (TPSA) is 66.4 Å². The van der Waals surface area contributed by atoms with Gasteiger partial charge in [-0.15, -0.1) is 0 Å². The number of aliphatic carboxylic acids is 1. The molecule has 1 aromatic carbocycles. The number of benzene rings is 1. The summed E-state index contributed by atoms with van der Waals surface area (Å²) in [6, 6.07) is 2.77. The Balaban J connectivity index is 2.41. The van der Waals surface area contributed by atoms with Crippen LogP contribution in [0.5, 0.6) is 0 Å². The minimum atomic E-state index is -1.11. The predicted octanol–water partition coefficient (Wildman–Crippen LogP) is 0.565. The maximum atomic E-state index is 12.9. The Morgan fingerprint density at radius 2 is 2.27 bits per heavy atom. The predicted molar refractivity (Wildman–Crippen MR) is 49.0 cm³/mol. The average molecular weight is 209 g/mol. The van der Waals surface area contributed by atoms with Gasteiger partial charge in [-0.3, -0.25) is 4.79 Å². The summed E-state index contributed by atoms with van der Waals surface area (Å²) >= 11 is 0. The Labute approximate surface area is 84.7 Å². The molecule has 0 saturated heterocycles. The van der Waals surface area contributed by atoms with E-state index in [4.69, 9.17) is 5.11 Å². The van der Waals surface area contributed by atoms with Gasteiger partial charge >= 0.3 is 5.97 Å². The van der Waals surface area contributed by atoms with Gasteiger partial charge in [-0.2, -0.15) is 0 Å². The molecule has 5 heteroatoms. The fourth-order valence-corrected chi connectivity index (χ4v) is 1.61. The minimum absolute atomic E-state index is 0.119. The van der Waals surface area contributed by atoms with Crippen molar-refractivity contribution in [2.45, 2.75) is 12.5 Å². The first kappa shape index (κ1) is 9.64. The zero-order valence-corrected chi connectivity index (χ0v) is 7.66. The fourth-order valence-electron chi connectivity index (χ4n) is 1.61. The molecule has 0 saturated carbocycles. The molecule has 1 aromatic rings. The van der Waals surface area contributed by atoms with Crippen LogP contribution >= 0.6 is 0 Å². The second kappa shape index (κ2) is 3.34. The van der Waals surface area contributed by atoms with Gasteiger partial charge in [0.15, 0.2) is 0 Å². The molecule has 0 radical (unpaired) electrons. The molecule has 1 heterocycles. The average Bonchev–Trinajstić information content (AvgIpc) is 2.16. The number of rotatable bonds is 1. The first-order chi connectivity index (χ1) is 7.08. The van der Waals surface area contributed by atoms with Gasteiger partial charge in [0.2, 0.25) is 0 Å². The Morgan fingerprint density at radius 3 is 2.93 bits per heavy atom. The number of carbonyl (C=O) groups excluding carboxylic acids is 1. The van der Waals surface area contributed by atoms with E-state index in [9.17, 15) is 14.0 Å². The van der Waals surface area contributed by atoms with Crippen LogP contribution in [0.4, 0.5) is 4.39 Å². The molecule has 1 amide bonds. The molecule has 1 aliphatic heterocycles. The highest BCUT2D eigenvalue weighted by Gasteiger charge is 2.28. The summed E-state index contributed by atoms with van der Waals surface area (Å²) in [6.07, 6.45) is 0.119. The third-order valence-corrected chi connectivity index (χ3v) is 2.34. The number of hydrogen-bond donors (Lipinski definition) is 2. The lowest BCUT2D eigenvalue weighted by molar-refractivity contribution is -0.139. The third-order valence-electron chi connectivity index (χ3n) is 2.34. The lowest BCUT2D eigenvalue weighted by atomic mass is 9.95. The lowest BCUT2D eigenvalue weighted by Crippen LogP contribution is -2.46. The Hall–Kier alpha value is -1.91. The second-order valence-electron chi connectivity index (χ2n) is 3.37. The molecule has 0 aliphatic carbocycles. The standard InChI is InChI=1S/C10H8FNO3/c11-6-1-2-7-5(3-6)4-8(10(14)15)12-9(7)13/h1-3,8H,4H2,(H,12,13)(H,14,15). The Morgan fingerprint density at radius 1 is 1.53 bits per heavy atom. The molecule has 2 N–H and O–H groups in total. The van der Waals surface area contributed by atoms with Gasteiger partial charge in [0.1, 0.15) is 11.9 Å². The van der Waals surface area contributed by atoms with E-state index in [1.165, 1.54) is 18.2 Å². The van der Waals surface area contributed by atoms with Crippen LogP contribution in [0.1, 0.15) is 15.9 Å². The number of fused-ring (bicyclic) bond motifs is 1. The summed E-state index contributed by atoms with van der Waals surface area (Å²) in [7, 11) is 0. The first-order valence-corrected chi connectivity index (χ1v) is 4.40. The maximum Gasteiger partial charge on any atom is 0.326 e. The second-order valence-corrected chi connectivity index (χ2v) is 3.37. The summed E-state index contributed by atoms with van der Waals surface area (Å²) in [4.78, 5) is 22.1. The Kier molecular flexibility index (Phi) is 2.15. The minimum Gasteiger partial charge on any atom is -0.480 e. The van der Waals surface area contributed by atoms with E-state index in [1.54, 1.807) is 0 Å². The van der Waals surface area contributed by atoms with E-state index in [0.29, 0.717) is 11.1 Å². The van der Waals surface area contributed by atoms with Crippen molar-refractivity contribution >= 4 is 11.9 Å². The molecule has 0 bridgehead atoms. The van der Waals surface area contributed by atoms with Crippen LogP contribution in [0, 0.1) is 5.82 Å². The highest BCUT2D eigenvalue weighted by molar-refractivity contribution is 5.99. The zero-order valence-electron chi connectivity index (χ0n) is 7.66. The van der Waals surface area contributed by atoms with Gasteiger partial charge in [0, 0.05) is 12.0 Å². The van der Waals surface area contributed by atoms with Crippen molar-refractivity contribution in [1.82, 2.24) is 5.32 Å². The third kappa shape index (κ3) is 1.68. The van der Waals surface area contributed by atoms with Gasteiger partial charge in [-0.25, -0.2) is 9.18 Å². The summed E-state index contributed by atoms with van der Waals surface area (Å²) in [5, 5.41) is 11.1. The zero-order chi connectivity index (χ0) is 11.0. The molecular formula is C10H8FNO3. The van der Waals surface area contributed by atoms with E-state index in [0.717, 1.165) is 0 Å². The summed E-state index contributed by atoms with van der Waals surface area (Å²) in [6.45, 7) is 0. The van der Waals surface area contributed by atoms with Crippen LogP contribution < -0.4 is 5.32 Å². The van der Waals surface area contributed by atoms with Crippen molar-refractivity contribution in [1.29, 1.82) is 0 Å². The monoisotopic (exact) mass is 209 g/mol. The van der Waals surface area contributed by atoms with Gasteiger partial charge in [0.25, 0.3) is 5.91 Å². The van der Waals surface area contributed by atoms with Crippen molar-refractivity contribution in [2.75, 3.05) is 0 Å².